The fraction of sp³-hybridized carbons (Fsp3) is 0.571. The maximum absolute atomic E-state index is 10.9. The summed E-state index contributed by atoms with van der Waals surface area (Å²) in [4.78, 5) is 29.4. The van der Waals surface area contributed by atoms with Gasteiger partial charge in [-0.05, 0) is 25.0 Å². The Hall–Kier alpha value is -2.90. The monoisotopic (exact) mass is 432 g/mol. The predicted octanol–water partition coefficient (Wildman–Crippen LogP) is 7.83. The van der Waals surface area contributed by atoms with E-state index in [9.17, 15) is 9.59 Å². The lowest BCUT2D eigenvalue weighted by molar-refractivity contribution is 0.564. The van der Waals surface area contributed by atoms with Gasteiger partial charge in [0.25, 0.3) is 0 Å². The molecule has 1 aromatic carbocycles. The second-order valence-electron chi connectivity index (χ2n) is 7.93. The Morgan fingerprint density at radius 2 is 0.969 bits per heavy atom. The van der Waals surface area contributed by atoms with Crippen LogP contribution in [0.15, 0.2) is 22.1 Å². The number of isocyanates is 2. The highest BCUT2D eigenvalue weighted by molar-refractivity contribution is 5.71. The Kier molecular flexibility index (Phi) is 16.0. The molecule has 0 radical (unpaired) electrons. The number of benzene rings is 1. The van der Waals surface area contributed by atoms with Gasteiger partial charge in [0, 0.05) is 12.8 Å². The van der Waals surface area contributed by atoms with Crippen LogP contribution in [0.25, 0.3) is 0 Å². The van der Waals surface area contributed by atoms with E-state index in [1.54, 1.807) is 24.3 Å². The third-order valence-electron chi connectivity index (χ3n) is 5.20. The molecule has 0 aliphatic rings. The summed E-state index contributed by atoms with van der Waals surface area (Å²) in [5.41, 5.74) is 1.91. The molecule has 0 aliphatic carbocycles. The van der Waals surface area contributed by atoms with E-state index < -0.39 is 0 Å². The molecule has 0 atom stereocenters. The Bertz CT molecular complexity index is 823. The summed E-state index contributed by atoms with van der Waals surface area (Å²) < 4.78 is 0. The zero-order chi connectivity index (χ0) is 23.3. The number of hydrogen-bond donors (Lipinski definition) is 0. The van der Waals surface area contributed by atoms with Crippen LogP contribution in [0.3, 0.4) is 0 Å². The van der Waals surface area contributed by atoms with Gasteiger partial charge in [0.15, 0.2) is 0 Å². The smallest absolute Gasteiger partial charge is 0.211 e. The van der Waals surface area contributed by atoms with Gasteiger partial charge in [0.2, 0.25) is 12.2 Å². The Morgan fingerprint density at radius 1 is 0.594 bits per heavy atom. The van der Waals surface area contributed by atoms with Gasteiger partial charge in [-0.25, -0.2) is 9.59 Å². The van der Waals surface area contributed by atoms with Gasteiger partial charge in [-0.3, -0.25) is 0 Å². The van der Waals surface area contributed by atoms with Gasteiger partial charge >= 0.3 is 0 Å². The Balaban J connectivity index is 2.83. The number of nitrogens with zero attached hydrogens (tertiary/aromatic N) is 2. The molecule has 0 bridgehead atoms. The van der Waals surface area contributed by atoms with Gasteiger partial charge < -0.3 is 0 Å². The normalized spacial score (nSPS) is 9.56. The van der Waals surface area contributed by atoms with Crippen molar-refractivity contribution in [3.05, 3.63) is 23.3 Å². The van der Waals surface area contributed by atoms with E-state index in [1.807, 2.05) is 0 Å². The second-order valence-corrected chi connectivity index (χ2v) is 7.93. The van der Waals surface area contributed by atoms with E-state index in [1.165, 1.54) is 64.2 Å². The number of hydrogen-bond acceptors (Lipinski definition) is 4. The first-order valence-electron chi connectivity index (χ1n) is 12.1. The highest BCUT2D eigenvalue weighted by atomic mass is 16.1. The molecule has 4 heteroatoms. The van der Waals surface area contributed by atoms with Gasteiger partial charge in [-0.2, -0.15) is 9.98 Å². The van der Waals surface area contributed by atoms with Gasteiger partial charge in [0.05, 0.1) is 22.5 Å². The van der Waals surface area contributed by atoms with Crippen molar-refractivity contribution in [2.45, 2.75) is 104 Å². The molecule has 0 aliphatic heterocycles. The van der Waals surface area contributed by atoms with Crippen LogP contribution in [0.4, 0.5) is 11.4 Å². The summed E-state index contributed by atoms with van der Waals surface area (Å²) in [6, 6.07) is 3.31. The van der Waals surface area contributed by atoms with Crippen molar-refractivity contribution in [2.75, 3.05) is 0 Å². The van der Waals surface area contributed by atoms with Crippen LogP contribution >= 0.6 is 0 Å². The van der Waals surface area contributed by atoms with Gasteiger partial charge in [0.1, 0.15) is 0 Å². The first-order valence-corrected chi connectivity index (χ1v) is 12.1. The number of unbranched alkanes of at least 4 members (excludes halogenated alkanes) is 12. The van der Waals surface area contributed by atoms with E-state index >= 15 is 0 Å². The SMILES string of the molecule is CCCCCCCCC#Cc1cc(N=C=O)c(C#CCCCCCCCC)cc1N=C=O. The third-order valence-corrected chi connectivity index (χ3v) is 5.20. The molecule has 170 valence electrons. The zero-order valence-electron chi connectivity index (χ0n) is 19.8. The standard InChI is InChI=1S/C28H36N2O2/c1-3-5-7-9-11-13-15-17-19-25-21-28(30-24-32)26(22-27(25)29-23-31)20-18-16-14-12-10-8-6-4-2/h21-22H,3-16H2,1-2H3. The second kappa shape index (κ2) is 18.8. The molecule has 0 N–H and O–H groups in total. The lowest BCUT2D eigenvalue weighted by Crippen LogP contribution is -1.84. The van der Waals surface area contributed by atoms with Crippen molar-refractivity contribution in [1.29, 1.82) is 0 Å². The molecule has 0 amide bonds. The third kappa shape index (κ3) is 12.1. The van der Waals surface area contributed by atoms with E-state index in [0.29, 0.717) is 22.5 Å². The lowest BCUT2D eigenvalue weighted by Gasteiger charge is -2.02. The first kappa shape index (κ1) is 27.1. The van der Waals surface area contributed by atoms with Crippen LogP contribution in [-0.4, -0.2) is 12.2 Å². The minimum absolute atomic E-state index is 0.407. The maximum Gasteiger partial charge on any atom is 0.240 e. The molecular weight excluding hydrogens is 396 g/mol. The average molecular weight is 433 g/mol. The van der Waals surface area contributed by atoms with E-state index in [0.717, 1.165) is 25.7 Å². The van der Waals surface area contributed by atoms with Crippen LogP contribution in [0.2, 0.25) is 0 Å². The lowest BCUT2D eigenvalue weighted by atomic mass is 10.1. The summed E-state index contributed by atoms with van der Waals surface area (Å²) in [6.45, 7) is 4.42. The van der Waals surface area contributed by atoms with E-state index in [2.05, 4.69) is 47.5 Å². The van der Waals surface area contributed by atoms with Crippen molar-refractivity contribution in [3.8, 4) is 23.7 Å². The highest BCUT2D eigenvalue weighted by Crippen LogP contribution is 2.28. The maximum atomic E-state index is 10.9. The molecule has 1 rings (SSSR count). The summed E-state index contributed by atoms with van der Waals surface area (Å²) in [5, 5.41) is 0. The van der Waals surface area contributed by atoms with E-state index in [-0.39, 0.29) is 0 Å². The van der Waals surface area contributed by atoms with Gasteiger partial charge in [-0.15, -0.1) is 0 Å². The fourth-order valence-electron chi connectivity index (χ4n) is 3.36. The van der Waals surface area contributed by atoms with Crippen LogP contribution in [0, 0.1) is 23.7 Å². The number of rotatable bonds is 14. The van der Waals surface area contributed by atoms with Crippen LogP contribution < -0.4 is 0 Å². The molecule has 0 unspecified atom stereocenters. The van der Waals surface area contributed by atoms with Crippen molar-refractivity contribution in [1.82, 2.24) is 0 Å². The molecule has 0 saturated heterocycles. The minimum atomic E-state index is 0.407. The predicted molar refractivity (Wildman–Crippen MR) is 132 cm³/mol. The van der Waals surface area contributed by atoms with Crippen molar-refractivity contribution < 1.29 is 9.59 Å². The quantitative estimate of drug-likeness (QED) is 0.130. The number of aliphatic imine (C=N–C) groups is 2. The summed E-state index contributed by atoms with van der Waals surface area (Å²) in [5.74, 6) is 12.4. The molecule has 0 heterocycles. The molecule has 0 fully saturated rings. The van der Waals surface area contributed by atoms with Crippen molar-refractivity contribution >= 4 is 23.5 Å². The Labute approximate surface area is 194 Å². The molecular formula is C28H36N2O2. The zero-order valence-corrected chi connectivity index (χ0v) is 19.8. The van der Waals surface area contributed by atoms with Crippen LogP contribution in [0.1, 0.15) is 115 Å². The molecule has 0 saturated carbocycles. The van der Waals surface area contributed by atoms with E-state index in [4.69, 9.17) is 0 Å². The largest absolute Gasteiger partial charge is 0.240 e. The fourth-order valence-corrected chi connectivity index (χ4v) is 3.36. The summed E-state index contributed by atoms with van der Waals surface area (Å²) in [7, 11) is 0. The average Bonchev–Trinajstić information content (AvgIpc) is 2.79. The van der Waals surface area contributed by atoms with Crippen molar-refractivity contribution in [3.63, 3.8) is 0 Å². The van der Waals surface area contributed by atoms with Gasteiger partial charge in [-0.1, -0.05) is 102 Å². The highest BCUT2D eigenvalue weighted by Gasteiger charge is 2.07. The van der Waals surface area contributed by atoms with Crippen LogP contribution in [-0.2, 0) is 9.59 Å². The molecule has 32 heavy (non-hydrogen) atoms. The molecule has 0 aromatic heterocycles. The molecule has 4 nitrogen and oxygen atoms in total. The molecule has 0 spiro atoms. The minimum Gasteiger partial charge on any atom is -0.211 e. The number of carbonyl (C=O) groups excluding carboxylic acids is 2. The molecule has 1 aromatic rings. The first-order chi connectivity index (χ1) is 15.8. The summed E-state index contributed by atoms with van der Waals surface area (Å²) in [6.07, 6.45) is 19.2. The van der Waals surface area contributed by atoms with Crippen LogP contribution in [0.5, 0.6) is 0 Å². The summed E-state index contributed by atoms with van der Waals surface area (Å²) >= 11 is 0. The topological polar surface area (TPSA) is 58.9 Å². The van der Waals surface area contributed by atoms with Crippen molar-refractivity contribution in [2.24, 2.45) is 9.98 Å². The Morgan fingerprint density at radius 3 is 1.34 bits per heavy atom.